The lowest BCUT2D eigenvalue weighted by Crippen LogP contribution is -2.38. The van der Waals surface area contributed by atoms with Gasteiger partial charge < -0.3 is 15.4 Å². The first kappa shape index (κ1) is 17.5. The molecule has 21 heavy (non-hydrogen) atoms. The minimum Gasteiger partial charge on any atom is -0.476 e. The molecule has 1 aromatic rings. The molecule has 1 aromatic heterocycles. The van der Waals surface area contributed by atoms with Crippen LogP contribution < -0.4 is 15.4 Å². The first-order chi connectivity index (χ1) is 10.0. The van der Waals surface area contributed by atoms with Gasteiger partial charge in [0.1, 0.15) is 12.0 Å². The molecule has 0 bridgehead atoms. The van der Waals surface area contributed by atoms with Crippen molar-refractivity contribution in [2.24, 2.45) is 5.92 Å². The lowest BCUT2D eigenvalue weighted by atomic mass is 10.1. The first-order valence-electron chi connectivity index (χ1n) is 8.04. The summed E-state index contributed by atoms with van der Waals surface area (Å²) in [4.78, 5) is 10.9. The van der Waals surface area contributed by atoms with E-state index in [9.17, 15) is 0 Å². The monoisotopic (exact) mass is 294 g/mol. The molecule has 0 saturated carbocycles. The third kappa shape index (κ3) is 4.76. The van der Waals surface area contributed by atoms with Gasteiger partial charge >= 0.3 is 0 Å². The molecule has 5 heteroatoms. The van der Waals surface area contributed by atoms with Crippen LogP contribution in [0, 0.1) is 5.92 Å². The largest absolute Gasteiger partial charge is 0.476 e. The summed E-state index contributed by atoms with van der Waals surface area (Å²) >= 11 is 0. The first-order valence-corrected chi connectivity index (χ1v) is 8.04. The minimum atomic E-state index is 0.434. The van der Waals surface area contributed by atoms with Crippen LogP contribution in [0.2, 0.25) is 0 Å². The summed E-state index contributed by atoms with van der Waals surface area (Å²) in [6, 6.07) is 0.434. The molecular weight excluding hydrogens is 264 g/mol. The lowest BCUT2D eigenvalue weighted by molar-refractivity contribution is 0.306. The Balaban J connectivity index is 3.11. The van der Waals surface area contributed by atoms with E-state index in [1.165, 1.54) is 0 Å². The second kappa shape index (κ2) is 8.70. The zero-order chi connectivity index (χ0) is 15.8. The van der Waals surface area contributed by atoms with Gasteiger partial charge in [0.05, 0.1) is 6.61 Å². The van der Waals surface area contributed by atoms with E-state index in [2.05, 4.69) is 49.5 Å². The van der Waals surface area contributed by atoms with E-state index >= 15 is 0 Å². The number of hydrogen-bond acceptors (Lipinski definition) is 5. The van der Waals surface area contributed by atoms with Crippen LogP contribution in [0.4, 0.5) is 11.5 Å². The Labute approximate surface area is 128 Å². The van der Waals surface area contributed by atoms with Gasteiger partial charge in [0.25, 0.3) is 0 Å². The summed E-state index contributed by atoms with van der Waals surface area (Å²) in [7, 11) is 0. The zero-order valence-electron chi connectivity index (χ0n) is 14.1. The van der Waals surface area contributed by atoms with Crippen molar-refractivity contribution in [3.05, 3.63) is 6.33 Å². The average molecular weight is 294 g/mol. The van der Waals surface area contributed by atoms with Crippen molar-refractivity contribution < 1.29 is 4.74 Å². The third-order valence-corrected chi connectivity index (χ3v) is 3.49. The Hall–Kier alpha value is -1.52. The fourth-order valence-corrected chi connectivity index (χ4v) is 2.44. The van der Waals surface area contributed by atoms with Crippen molar-refractivity contribution in [3.8, 4) is 5.88 Å². The summed E-state index contributed by atoms with van der Waals surface area (Å²) in [6.07, 6.45) is 4.61. The molecule has 0 radical (unpaired) electrons. The van der Waals surface area contributed by atoms with Crippen LogP contribution in [-0.4, -0.2) is 29.2 Å². The number of ether oxygens (including phenoxy) is 1. The lowest BCUT2D eigenvalue weighted by Gasteiger charge is -2.33. The molecule has 0 saturated heterocycles. The Morgan fingerprint density at radius 2 is 1.86 bits per heavy atom. The van der Waals surface area contributed by atoms with Crippen LogP contribution >= 0.6 is 0 Å². The maximum Gasteiger partial charge on any atom is 0.242 e. The van der Waals surface area contributed by atoms with Gasteiger partial charge in [-0.2, -0.15) is 4.98 Å². The number of nitrogen functional groups attached to an aromatic ring is 1. The van der Waals surface area contributed by atoms with E-state index in [4.69, 9.17) is 10.5 Å². The minimum absolute atomic E-state index is 0.434. The normalized spacial score (nSPS) is 11.2. The molecule has 1 rings (SSSR count). The Kier molecular flexibility index (Phi) is 7.26. The van der Waals surface area contributed by atoms with Crippen molar-refractivity contribution in [3.63, 3.8) is 0 Å². The van der Waals surface area contributed by atoms with Gasteiger partial charge in [0.15, 0.2) is 5.82 Å². The summed E-state index contributed by atoms with van der Waals surface area (Å²) in [5.74, 6) is 1.85. The highest BCUT2D eigenvalue weighted by Crippen LogP contribution is 2.31. The molecule has 0 aliphatic rings. The van der Waals surface area contributed by atoms with E-state index in [1.54, 1.807) is 6.33 Å². The molecule has 0 unspecified atom stereocenters. The average Bonchev–Trinajstić information content (AvgIpc) is 2.46. The maximum atomic E-state index is 6.26. The predicted molar refractivity (Wildman–Crippen MR) is 88.8 cm³/mol. The van der Waals surface area contributed by atoms with Gasteiger partial charge in [0.2, 0.25) is 5.88 Å². The van der Waals surface area contributed by atoms with E-state index in [0.717, 1.165) is 31.6 Å². The van der Waals surface area contributed by atoms with Crippen LogP contribution in [0.3, 0.4) is 0 Å². The highest BCUT2D eigenvalue weighted by molar-refractivity contribution is 5.68. The van der Waals surface area contributed by atoms with Gasteiger partial charge in [-0.25, -0.2) is 4.98 Å². The maximum absolute atomic E-state index is 6.26. The number of anilines is 2. The van der Waals surface area contributed by atoms with E-state index in [0.29, 0.717) is 30.1 Å². The van der Waals surface area contributed by atoms with E-state index in [-0.39, 0.29) is 0 Å². The topological polar surface area (TPSA) is 64.3 Å². The molecule has 0 spiro atoms. The van der Waals surface area contributed by atoms with Crippen LogP contribution in [-0.2, 0) is 0 Å². The van der Waals surface area contributed by atoms with Crippen molar-refractivity contribution >= 4 is 11.5 Å². The van der Waals surface area contributed by atoms with Crippen molar-refractivity contribution in [1.29, 1.82) is 0 Å². The van der Waals surface area contributed by atoms with Gasteiger partial charge in [-0.15, -0.1) is 0 Å². The summed E-state index contributed by atoms with van der Waals surface area (Å²) < 4.78 is 5.63. The number of rotatable bonds is 9. The molecule has 120 valence electrons. The molecule has 5 nitrogen and oxygen atoms in total. The summed E-state index contributed by atoms with van der Waals surface area (Å²) in [5, 5.41) is 0. The summed E-state index contributed by atoms with van der Waals surface area (Å²) in [6.45, 7) is 12.4. The van der Waals surface area contributed by atoms with Crippen LogP contribution in [0.5, 0.6) is 5.88 Å². The molecule has 0 aliphatic carbocycles. The van der Waals surface area contributed by atoms with Crippen molar-refractivity contribution in [1.82, 2.24) is 9.97 Å². The van der Waals surface area contributed by atoms with Crippen LogP contribution in [0.15, 0.2) is 6.33 Å². The Morgan fingerprint density at radius 3 is 2.38 bits per heavy atom. The fourth-order valence-electron chi connectivity index (χ4n) is 2.44. The summed E-state index contributed by atoms with van der Waals surface area (Å²) in [5.41, 5.74) is 6.81. The molecule has 2 N–H and O–H groups in total. The molecule has 0 aromatic carbocycles. The molecule has 0 amide bonds. The standard InChI is InChI=1S/C16H30N4O/c1-6-9-21-16-14(17)15(18-11-19-16)20(10-12(4)5)13(7-2)8-3/h11-13H,6-10,17H2,1-5H3. The van der Waals surface area contributed by atoms with Gasteiger partial charge in [-0.3, -0.25) is 0 Å². The van der Waals surface area contributed by atoms with Crippen molar-refractivity contribution in [2.45, 2.75) is 59.9 Å². The fraction of sp³-hybridized carbons (Fsp3) is 0.750. The third-order valence-electron chi connectivity index (χ3n) is 3.49. The second-order valence-electron chi connectivity index (χ2n) is 5.78. The van der Waals surface area contributed by atoms with Gasteiger partial charge in [-0.1, -0.05) is 34.6 Å². The number of nitrogens with zero attached hydrogens (tertiary/aromatic N) is 3. The van der Waals surface area contributed by atoms with Gasteiger partial charge in [-0.05, 0) is 25.2 Å². The molecule has 0 fully saturated rings. The zero-order valence-corrected chi connectivity index (χ0v) is 14.1. The van der Waals surface area contributed by atoms with E-state index < -0.39 is 0 Å². The SMILES string of the molecule is CCCOc1ncnc(N(CC(C)C)C(CC)CC)c1N. The van der Waals surface area contributed by atoms with E-state index in [1.807, 2.05) is 0 Å². The number of nitrogens with two attached hydrogens (primary N) is 1. The predicted octanol–water partition coefficient (Wildman–Crippen LogP) is 3.50. The molecule has 0 atom stereocenters. The Bertz CT molecular complexity index is 419. The molecular formula is C16H30N4O. The Morgan fingerprint density at radius 1 is 1.19 bits per heavy atom. The number of hydrogen-bond donors (Lipinski definition) is 1. The smallest absolute Gasteiger partial charge is 0.242 e. The highest BCUT2D eigenvalue weighted by Gasteiger charge is 2.22. The van der Waals surface area contributed by atoms with Gasteiger partial charge in [0, 0.05) is 12.6 Å². The quantitative estimate of drug-likeness (QED) is 0.755. The number of aromatic nitrogens is 2. The van der Waals surface area contributed by atoms with Crippen molar-refractivity contribution in [2.75, 3.05) is 23.8 Å². The second-order valence-corrected chi connectivity index (χ2v) is 5.78. The molecule has 1 heterocycles. The van der Waals surface area contributed by atoms with Crippen LogP contribution in [0.1, 0.15) is 53.9 Å². The molecule has 0 aliphatic heterocycles. The van der Waals surface area contributed by atoms with Crippen LogP contribution in [0.25, 0.3) is 0 Å². The highest BCUT2D eigenvalue weighted by atomic mass is 16.5.